The van der Waals surface area contributed by atoms with Gasteiger partial charge in [-0.2, -0.15) is 11.8 Å². The highest BCUT2D eigenvalue weighted by Gasteiger charge is 2.35. The molecule has 0 spiro atoms. The summed E-state index contributed by atoms with van der Waals surface area (Å²) in [6.07, 6.45) is -0.287. The number of nitrogens with one attached hydrogen (secondary N) is 1. The zero-order valence-electron chi connectivity index (χ0n) is 12.1. The minimum absolute atomic E-state index is 0.0377. The maximum atomic E-state index is 12.1. The van der Waals surface area contributed by atoms with Crippen LogP contribution in [0.1, 0.15) is 25.6 Å². The van der Waals surface area contributed by atoms with Crippen molar-refractivity contribution >= 4 is 23.4 Å². The van der Waals surface area contributed by atoms with Crippen molar-refractivity contribution in [1.29, 1.82) is 0 Å². The number of non-ortho nitro benzene ring substituents is 1. The molecule has 21 heavy (non-hydrogen) atoms. The van der Waals surface area contributed by atoms with Crippen LogP contribution < -0.4 is 5.32 Å². The lowest BCUT2D eigenvalue weighted by Crippen LogP contribution is -2.39. The van der Waals surface area contributed by atoms with Crippen LogP contribution >= 0.6 is 11.8 Å². The monoisotopic (exact) mass is 309 g/mol. The Morgan fingerprint density at radius 1 is 1.57 bits per heavy atom. The summed E-state index contributed by atoms with van der Waals surface area (Å²) in [6, 6.07) is 6.54. The SMILES string of the molecule is CCSCC(C)N1C(=O)CNC1c1cccc([N+](=O)[O-])c1. The van der Waals surface area contributed by atoms with Crippen LogP contribution in [0.3, 0.4) is 0 Å². The summed E-state index contributed by atoms with van der Waals surface area (Å²) >= 11 is 1.78. The van der Waals surface area contributed by atoms with Crippen molar-refractivity contribution in [2.45, 2.75) is 26.1 Å². The molecule has 0 bridgehead atoms. The molecule has 0 radical (unpaired) electrons. The zero-order valence-corrected chi connectivity index (χ0v) is 12.9. The number of hydrogen-bond acceptors (Lipinski definition) is 5. The molecule has 1 N–H and O–H groups in total. The lowest BCUT2D eigenvalue weighted by molar-refractivity contribution is -0.385. The number of nitro groups is 1. The molecule has 2 atom stereocenters. The largest absolute Gasteiger partial charge is 0.318 e. The van der Waals surface area contributed by atoms with E-state index >= 15 is 0 Å². The van der Waals surface area contributed by atoms with Gasteiger partial charge in [0, 0.05) is 23.9 Å². The van der Waals surface area contributed by atoms with E-state index in [1.54, 1.807) is 22.7 Å². The number of amides is 1. The molecule has 1 aliphatic rings. The lowest BCUT2D eigenvalue weighted by Gasteiger charge is -2.30. The summed E-state index contributed by atoms with van der Waals surface area (Å²) in [5.74, 6) is 1.90. The number of carbonyl (C=O) groups excluding carboxylic acids is 1. The van der Waals surface area contributed by atoms with Crippen LogP contribution in [0.2, 0.25) is 0 Å². The molecule has 1 heterocycles. The molecule has 1 saturated heterocycles. The molecule has 1 amide bonds. The van der Waals surface area contributed by atoms with Gasteiger partial charge in [-0.25, -0.2) is 0 Å². The second-order valence-electron chi connectivity index (χ2n) is 4.95. The van der Waals surface area contributed by atoms with E-state index in [-0.39, 0.29) is 30.3 Å². The second kappa shape index (κ2) is 6.91. The van der Waals surface area contributed by atoms with Crippen molar-refractivity contribution in [3.8, 4) is 0 Å². The van der Waals surface area contributed by atoms with Crippen molar-refractivity contribution in [3.63, 3.8) is 0 Å². The fourth-order valence-electron chi connectivity index (χ4n) is 2.47. The van der Waals surface area contributed by atoms with E-state index in [2.05, 4.69) is 12.2 Å². The number of carbonyl (C=O) groups is 1. The molecule has 0 aromatic heterocycles. The van der Waals surface area contributed by atoms with Gasteiger partial charge < -0.3 is 4.90 Å². The first-order valence-electron chi connectivity index (χ1n) is 6.91. The molecule has 2 rings (SSSR count). The molecular formula is C14H19N3O3S. The van der Waals surface area contributed by atoms with Crippen molar-refractivity contribution < 1.29 is 9.72 Å². The summed E-state index contributed by atoms with van der Waals surface area (Å²) in [5.41, 5.74) is 0.799. The van der Waals surface area contributed by atoms with Gasteiger partial charge in [-0.3, -0.25) is 20.2 Å². The topological polar surface area (TPSA) is 75.5 Å². The van der Waals surface area contributed by atoms with Crippen LogP contribution in [-0.4, -0.2) is 39.8 Å². The van der Waals surface area contributed by atoms with Gasteiger partial charge in [0.25, 0.3) is 5.69 Å². The van der Waals surface area contributed by atoms with E-state index in [1.165, 1.54) is 12.1 Å². The summed E-state index contributed by atoms with van der Waals surface area (Å²) in [4.78, 5) is 24.4. The maximum absolute atomic E-state index is 12.1. The molecule has 7 heteroatoms. The number of rotatable bonds is 6. The van der Waals surface area contributed by atoms with E-state index < -0.39 is 4.92 Å². The highest BCUT2D eigenvalue weighted by Crippen LogP contribution is 2.28. The van der Waals surface area contributed by atoms with E-state index in [0.29, 0.717) is 0 Å². The molecule has 0 aliphatic carbocycles. The minimum atomic E-state index is -0.416. The molecular weight excluding hydrogens is 290 g/mol. The van der Waals surface area contributed by atoms with Gasteiger partial charge >= 0.3 is 0 Å². The number of thioether (sulfide) groups is 1. The van der Waals surface area contributed by atoms with Crippen molar-refractivity contribution in [2.75, 3.05) is 18.1 Å². The third-order valence-corrected chi connectivity index (χ3v) is 4.57. The lowest BCUT2D eigenvalue weighted by atomic mass is 10.1. The van der Waals surface area contributed by atoms with Crippen LogP contribution in [0, 0.1) is 10.1 Å². The Morgan fingerprint density at radius 2 is 2.33 bits per heavy atom. The van der Waals surface area contributed by atoms with Gasteiger partial charge in [0.05, 0.1) is 11.5 Å². The van der Waals surface area contributed by atoms with Crippen LogP contribution in [0.4, 0.5) is 5.69 Å². The average Bonchev–Trinajstić information content (AvgIpc) is 2.86. The third-order valence-electron chi connectivity index (χ3n) is 3.45. The van der Waals surface area contributed by atoms with Gasteiger partial charge in [0.2, 0.25) is 5.91 Å². The van der Waals surface area contributed by atoms with E-state index in [1.807, 2.05) is 13.0 Å². The summed E-state index contributed by atoms with van der Waals surface area (Å²) < 4.78 is 0. The average molecular weight is 309 g/mol. The van der Waals surface area contributed by atoms with Crippen molar-refractivity contribution in [1.82, 2.24) is 10.2 Å². The van der Waals surface area contributed by atoms with E-state index in [4.69, 9.17) is 0 Å². The Morgan fingerprint density at radius 3 is 3.00 bits per heavy atom. The first-order chi connectivity index (χ1) is 10.0. The normalized spacial score (nSPS) is 19.8. The molecule has 2 unspecified atom stereocenters. The number of benzene rings is 1. The zero-order chi connectivity index (χ0) is 15.4. The van der Waals surface area contributed by atoms with Crippen LogP contribution in [0.15, 0.2) is 24.3 Å². The highest BCUT2D eigenvalue weighted by atomic mass is 32.2. The Bertz CT molecular complexity index is 538. The van der Waals surface area contributed by atoms with Gasteiger partial charge in [-0.05, 0) is 18.2 Å². The van der Waals surface area contributed by atoms with Gasteiger partial charge in [-0.1, -0.05) is 19.1 Å². The summed E-state index contributed by atoms with van der Waals surface area (Å²) in [7, 11) is 0. The standard InChI is InChI=1S/C14H19N3O3S/c1-3-21-9-10(2)16-13(18)8-15-14(16)11-5-4-6-12(7-11)17(19)20/h4-7,10,14-15H,3,8-9H2,1-2H3. The fourth-order valence-corrected chi connectivity index (χ4v) is 3.21. The second-order valence-corrected chi connectivity index (χ2v) is 6.26. The quantitative estimate of drug-likeness (QED) is 0.644. The Balaban J connectivity index is 2.22. The van der Waals surface area contributed by atoms with E-state index in [0.717, 1.165) is 17.1 Å². The Kier molecular flexibility index (Phi) is 5.19. The number of nitro benzene ring substituents is 1. The minimum Gasteiger partial charge on any atom is -0.318 e. The van der Waals surface area contributed by atoms with Crippen molar-refractivity contribution in [3.05, 3.63) is 39.9 Å². The van der Waals surface area contributed by atoms with Gasteiger partial charge in [0.1, 0.15) is 6.17 Å². The fraction of sp³-hybridized carbons (Fsp3) is 0.500. The predicted octanol–water partition coefficient (Wildman–Crippen LogP) is 2.17. The van der Waals surface area contributed by atoms with Crippen LogP contribution in [-0.2, 0) is 4.79 Å². The predicted molar refractivity (Wildman–Crippen MR) is 83.1 cm³/mol. The summed E-state index contributed by atoms with van der Waals surface area (Å²) in [5, 5.41) is 14.0. The number of hydrogen-bond donors (Lipinski definition) is 1. The van der Waals surface area contributed by atoms with Gasteiger partial charge in [-0.15, -0.1) is 0 Å². The Labute approximate surface area is 128 Å². The first-order valence-corrected chi connectivity index (χ1v) is 8.06. The number of nitrogens with zero attached hydrogens (tertiary/aromatic N) is 2. The summed E-state index contributed by atoms with van der Waals surface area (Å²) in [6.45, 7) is 4.37. The molecule has 114 valence electrons. The van der Waals surface area contributed by atoms with E-state index in [9.17, 15) is 14.9 Å². The van der Waals surface area contributed by atoms with Crippen molar-refractivity contribution in [2.24, 2.45) is 0 Å². The highest BCUT2D eigenvalue weighted by molar-refractivity contribution is 7.99. The molecule has 1 aromatic rings. The molecule has 0 saturated carbocycles. The molecule has 1 aromatic carbocycles. The van der Waals surface area contributed by atoms with Gasteiger partial charge in [0.15, 0.2) is 0 Å². The van der Waals surface area contributed by atoms with Crippen LogP contribution in [0.25, 0.3) is 0 Å². The molecule has 1 aliphatic heterocycles. The first kappa shape index (κ1) is 15.8. The Hall–Kier alpha value is -1.60. The third kappa shape index (κ3) is 3.54. The molecule has 6 nitrogen and oxygen atoms in total. The maximum Gasteiger partial charge on any atom is 0.269 e. The molecule has 1 fully saturated rings. The van der Waals surface area contributed by atoms with Crippen LogP contribution in [0.5, 0.6) is 0 Å². The smallest absolute Gasteiger partial charge is 0.269 e.